The van der Waals surface area contributed by atoms with Crippen LogP contribution in [0.25, 0.3) is 5.69 Å². The van der Waals surface area contributed by atoms with Crippen molar-refractivity contribution in [3.05, 3.63) is 75.7 Å². The van der Waals surface area contributed by atoms with Crippen molar-refractivity contribution in [2.75, 3.05) is 6.61 Å². The Balaban J connectivity index is 1.98. The number of carbonyl (C=O) groups excluding carboxylic acids is 1. The zero-order valence-corrected chi connectivity index (χ0v) is 19.5. The monoisotopic (exact) mass is 465 g/mol. The minimum Gasteiger partial charge on any atom is -0.492 e. The lowest BCUT2D eigenvalue weighted by molar-refractivity contribution is 0.0932. The van der Waals surface area contributed by atoms with Crippen molar-refractivity contribution >= 4 is 5.91 Å². The second kappa shape index (κ2) is 11.3. The first-order valence-electron chi connectivity index (χ1n) is 11.2. The molecule has 1 N–H and O–H groups in total. The van der Waals surface area contributed by atoms with E-state index in [9.17, 15) is 9.59 Å². The summed E-state index contributed by atoms with van der Waals surface area (Å²) >= 11 is 0. The minimum atomic E-state index is -0.781. The molecule has 1 unspecified atom stereocenters. The maximum Gasteiger partial charge on any atom is 0.350 e. The minimum absolute atomic E-state index is 0.00889. The van der Waals surface area contributed by atoms with Gasteiger partial charge in [-0.05, 0) is 18.1 Å². The molecule has 0 spiro atoms. The van der Waals surface area contributed by atoms with Gasteiger partial charge in [-0.2, -0.15) is 9.94 Å². The quantitative estimate of drug-likeness (QED) is 0.495. The third kappa shape index (κ3) is 5.52. The lowest BCUT2D eigenvalue weighted by Gasteiger charge is -2.17. The molecule has 1 heterocycles. The van der Waals surface area contributed by atoms with Crippen LogP contribution in [0.1, 0.15) is 48.4 Å². The zero-order chi connectivity index (χ0) is 24.7. The summed E-state index contributed by atoms with van der Waals surface area (Å²) in [7, 11) is 1.57. The highest BCUT2D eigenvalue weighted by molar-refractivity contribution is 5.97. The molecule has 0 saturated carbocycles. The number of hydrogen-bond donors (Lipinski definition) is 1. The summed E-state index contributed by atoms with van der Waals surface area (Å²) < 4.78 is 23.4. The van der Waals surface area contributed by atoms with Crippen molar-refractivity contribution in [1.29, 1.82) is 5.26 Å². The topological polar surface area (TPSA) is 102 Å². The third-order valence-electron chi connectivity index (χ3n) is 5.57. The van der Waals surface area contributed by atoms with Gasteiger partial charge in [0.1, 0.15) is 23.1 Å². The Kier molecular flexibility index (Phi) is 8.19. The van der Waals surface area contributed by atoms with E-state index in [1.807, 2.05) is 50.2 Å². The molecule has 2 aromatic carbocycles. The lowest BCUT2D eigenvalue weighted by atomic mass is 10.1. The second-order valence-electron chi connectivity index (χ2n) is 7.85. The Morgan fingerprint density at radius 3 is 2.62 bits per heavy atom. The molecule has 0 radical (unpaired) electrons. The molecule has 9 heteroatoms. The summed E-state index contributed by atoms with van der Waals surface area (Å²) in [5.41, 5.74) is 0.439. The van der Waals surface area contributed by atoms with Gasteiger partial charge in [-0.15, -0.1) is 5.10 Å². The van der Waals surface area contributed by atoms with Crippen LogP contribution in [0.2, 0.25) is 0 Å². The number of benzene rings is 2. The second-order valence-corrected chi connectivity index (χ2v) is 7.85. The highest BCUT2D eigenvalue weighted by Gasteiger charge is 2.22. The number of rotatable bonds is 10. The van der Waals surface area contributed by atoms with E-state index >= 15 is 4.39 Å². The van der Waals surface area contributed by atoms with Gasteiger partial charge in [0.25, 0.3) is 5.91 Å². The maximum atomic E-state index is 15.2. The van der Waals surface area contributed by atoms with Gasteiger partial charge in [0.05, 0.1) is 24.7 Å². The largest absolute Gasteiger partial charge is 0.492 e. The van der Waals surface area contributed by atoms with Crippen molar-refractivity contribution in [1.82, 2.24) is 19.7 Å². The van der Waals surface area contributed by atoms with E-state index in [0.29, 0.717) is 25.1 Å². The highest BCUT2D eigenvalue weighted by atomic mass is 19.1. The summed E-state index contributed by atoms with van der Waals surface area (Å²) in [6, 6.07) is 13.7. The van der Waals surface area contributed by atoms with Crippen LogP contribution < -0.4 is 15.7 Å². The smallest absolute Gasteiger partial charge is 0.350 e. The fourth-order valence-electron chi connectivity index (χ4n) is 3.54. The van der Waals surface area contributed by atoms with E-state index < -0.39 is 17.4 Å². The molecular weight excluding hydrogens is 437 g/mol. The molecule has 1 amide bonds. The first kappa shape index (κ1) is 24.7. The van der Waals surface area contributed by atoms with Crippen molar-refractivity contribution in [3.63, 3.8) is 0 Å². The average molecular weight is 466 g/mol. The number of aryl methyl sites for hydroxylation is 1. The predicted octanol–water partition coefficient (Wildman–Crippen LogP) is 3.32. The molecule has 3 aromatic rings. The summed E-state index contributed by atoms with van der Waals surface area (Å²) in [6.45, 7) is 3.93. The predicted molar refractivity (Wildman–Crippen MR) is 126 cm³/mol. The van der Waals surface area contributed by atoms with Crippen LogP contribution in [0.15, 0.2) is 47.3 Å². The average Bonchev–Trinajstić information content (AvgIpc) is 3.13. The van der Waals surface area contributed by atoms with Crippen molar-refractivity contribution in [2.45, 2.75) is 45.6 Å². The molecule has 0 saturated heterocycles. The first-order chi connectivity index (χ1) is 16.4. The Hall–Kier alpha value is -3.93. The van der Waals surface area contributed by atoms with E-state index in [2.05, 4.69) is 10.4 Å². The van der Waals surface area contributed by atoms with E-state index in [1.54, 1.807) is 7.05 Å². The number of carbonyl (C=O) groups is 1. The molecule has 0 fully saturated rings. The number of ether oxygens (including phenoxy) is 1. The molecular formula is C25H28FN5O3. The normalized spacial score (nSPS) is 11.6. The number of hydrogen-bond acceptors (Lipinski definition) is 5. The number of amides is 1. The molecule has 1 aromatic heterocycles. The molecule has 3 rings (SSSR count). The van der Waals surface area contributed by atoms with Gasteiger partial charge in [-0.1, -0.05) is 44.2 Å². The number of nitriles is 1. The van der Waals surface area contributed by atoms with Gasteiger partial charge < -0.3 is 10.1 Å². The van der Waals surface area contributed by atoms with Crippen LogP contribution >= 0.6 is 0 Å². The highest BCUT2D eigenvalue weighted by Crippen LogP contribution is 2.26. The van der Waals surface area contributed by atoms with Crippen molar-refractivity contribution in [3.8, 4) is 17.5 Å². The standard InChI is InChI=1S/C25H28FN5O3/c1-4-18(11-13-27)28-24(32)19-15-20(26)21(31-25(33)30(3)23(5-2)29-31)16-22(19)34-14-12-17-9-7-6-8-10-17/h6-10,15-16,18H,4-5,11-12,14H2,1-3H3,(H,28,32). The molecule has 1 atom stereocenters. The van der Waals surface area contributed by atoms with Crippen LogP contribution in [0, 0.1) is 17.1 Å². The molecule has 0 aliphatic heterocycles. The van der Waals surface area contributed by atoms with Crippen LogP contribution in [0.5, 0.6) is 5.75 Å². The summed E-state index contributed by atoms with van der Waals surface area (Å²) in [6.07, 6.45) is 1.76. The summed E-state index contributed by atoms with van der Waals surface area (Å²) in [5, 5.41) is 16.0. The Labute approximate surface area is 197 Å². The van der Waals surface area contributed by atoms with E-state index in [0.717, 1.165) is 16.3 Å². The van der Waals surface area contributed by atoms with Gasteiger partial charge in [0, 0.05) is 32.0 Å². The summed E-state index contributed by atoms with van der Waals surface area (Å²) in [4.78, 5) is 25.6. The lowest BCUT2D eigenvalue weighted by Crippen LogP contribution is -2.34. The molecule has 0 aliphatic rings. The summed E-state index contributed by atoms with van der Waals surface area (Å²) in [5.74, 6) is -0.700. The fourth-order valence-corrected chi connectivity index (χ4v) is 3.54. The fraction of sp³-hybridized carbons (Fsp3) is 0.360. The molecule has 0 aliphatic carbocycles. The number of aromatic nitrogens is 3. The van der Waals surface area contributed by atoms with Crippen molar-refractivity contribution < 1.29 is 13.9 Å². The molecule has 0 bridgehead atoms. The van der Waals surface area contributed by atoms with Gasteiger partial charge in [0.15, 0.2) is 0 Å². The number of nitrogens with one attached hydrogen (secondary N) is 1. The Morgan fingerprint density at radius 2 is 2.00 bits per heavy atom. The maximum absolute atomic E-state index is 15.2. The first-order valence-corrected chi connectivity index (χ1v) is 11.2. The van der Waals surface area contributed by atoms with Crippen LogP contribution in [0.3, 0.4) is 0 Å². The van der Waals surface area contributed by atoms with Gasteiger partial charge in [-0.25, -0.2) is 9.18 Å². The van der Waals surface area contributed by atoms with Gasteiger partial charge in [0.2, 0.25) is 0 Å². The van der Waals surface area contributed by atoms with E-state index in [-0.39, 0.29) is 36.1 Å². The van der Waals surface area contributed by atoms with Crippen LogP contribution in [-0.2, 0) is 19.9 Å². The molecule has 8 nitrogen and oxygen atoms in total. The Bertz CT molecular complexity index is 1240. The Morgan fingerprint density at radius 1 is 1.26 bits per heavy atom. The van der Waals surface area contributed by atoms with Gasteiger partial charge in [-0.3, -0.25) is 9.36 Å². The third-order valence-corrected chi connectivity index (χ3v) is 5.57. The van der Waals surface area contributed by atoms with E-state index in [4.69, 9.17) is 10.00 Å². The van der Waals surface area contributed by atoms with Crippen LogP contribution in [-0.4, -0.2) is 32.9 Å². The van der Waals surface area contributed by atoms with Gasteiger partial charge >= 0.3 is 5.69 Å². The number of halogens is 1. The number of nitrogens with zero attached hydrogens (tertiary/aromatic N) is 4. The SMILES string of the molecule is CCc1nn(-c2cc(OCCc3ccccc3)c(C(=O)NC(CC)CC#N)cc2F)c(=O)n1C. The molecule has 34 heavy (non-hydrogen) atoms. The van der Waals surface area contributed by atoms with Crippen LogP contribution in [0.4, 0.5) is 4.39 Å². The zero-order valence-electron chi connectivity index (χ0n) is 19.5. The molecule has 178 valence electrons. The van der Waals surface area contributed by atoms with Crippen molar-refractivity contribution in [2.24, 2.45) is 7.05 Å². The van der Waals surface area contributed by atoms with E-state index in [1.165, 1.54) is 10.6 Å².